The minimum atomic E-state index is -3.13. The number of benzene rings is 1. The van der Waals surface area contributed by atoms with E-state index in [1.165, 1.54) is 22.3 Å². The number of hydrogen-bond acceptors (Lipinski definition) is 4. The molecule has 0 aromatic heterocycles. The maximum Gasteiger partial charge on any atom is 0.331 e. The van der Waals surface area contributed by atoms with Crippen molar-refractivity contribution in [3.63, 3.8) is 0 Å². The average Bonchev–Trinajstić information content (AvgIpc) is 3.27. The number of amides is 2. The molecule has 0 heterocycles. The van der Waals surface area contributed by atoms with Gasteiger partial charge in [0.15, 0.2) is 0 Å². The standard InChI is InChI=1S/C20H32N4O2S/c1-3-24(4-2)12-7-13-27(21,26)23-20(25)22-19-17-10-5-8-15(17)14-16-9-6-11-18(16)19/h14H,3-13H2,1-2H3,(H3,21,22,23,25,26). The Bertz CT molecular complexity index is 768. The van der Waals surface area contributed by atoms with E-state index in [0.717, 1.165) is 63.8 Å². The van der Waals surface area contributed by atoms with E-state index in [9.17, 15) is 9.00 Å². The zero-order valence-corrected chi connectivity index (χ0v) is 17.3. The van der Waals surface area contributed by atoms with Gasteiger partial charge in [-0.05, 0) is 86.8 Å². The molecule has 3 rings (SSSR count). The van der Waals surface area contributed by atoms with Gasteiger partial charge in [-0.25, -0.2) is 13.8 Å². The quantitative estimate of drug-likeness (QED) is 0.633. The Labute approximate surface area is 163 Å². The summed E-state index contributed by atoms with van der Waals surface area (Å²) in [6.45, 7) is 6.85. The fraction of sp³-hybridized carbons (Fsp3) is 0.650. The summed E-state index contributed by atoms with van der Waals surface area (Å²) in [7, 11) is -3.13. The van der Waals surface area contributed by atoms with Crippen LogP contribution in [0.1, 0.15) is 55.4 Å². The lowest BCUT2D eigenvalue weighted by Gasteiger charge is -2.19. The fourth-order valence-corrected chi connectivity index (χ4v) is 5.33. The van der Waals surface area contributed by atoms with Gasteiger partial charge in [0.25, 0.3) is 0 Å². The Kier molecular flexibility index (Phi) is 6.42. The second-order valence-electron chi connectivity index (χ2n) is 7.55. The number of carbonyl (C=O) groups excluding carboxylic acids is 1. The van der Waals surface area contributed by atoms with Crippen LogP contribution in [0.2, 0.25) is 0 Å². The largest absolute Gasteiger partial charge is 0.331 e. The SMILES string of the molecule is CCN(CC)CCCS(=N)(=O)NC(=O)Nc1c2c(cc3c1CCC3)CCC2. The van der Waals surface area contributed by atoms with Crippen LogP contribution < -0.4 is 10.0 Å². The molecule has 1 aromatic carbocycles. The molecule has 0 radical (unpaired) electrons. The van der Waals surface area contributed by atoms with Crippen molar-refractivity contribution in [1.29, 1.82) is 4.78 Å². The Morgan fingerprint density at radius 2 is 1.70 bits per heavy atom. The minimum absolute atomic E-state index is 0.182. The summed E-state index contributed by atoms with van der Waals surface area (Å²) < 4.78 is 22.9. The molecule has 2 amide bonds. The molecule has 1 aromatic rings. The number of urea groups is 1. The molecule has 150 valence electrons. The first kappa shape index (κ1) is 20.1. The monoisotopic (exact) mass is 392 g/mol. The molecule has 0 saturated heterocycles. The lowest BCUT2D eigenvalue weighted by atomic mass is 9.99. The molecule has 2 aliphatic rings. The highest BCUT2D eigenvalue weighted by molar-refractivity contribution is 7.91. The maximum atomic E-state index is 12.5. The van der Waals surface area contributed by atoms with Gasteiger partial charge >= 0.3 is 6.03 Å². The predicted molar refractivity (Wildman–Crippen MR) is 111 cm³/mol. The third-order valence-corrected chi connectivity index (χ3v) is 7.15. The van der Waals surface area contributed by atoms with Crippen molar-refractivity contribution in [2.75, 3.05) is 30.7 Å². The Balaban J connectivity index is 1.63. The highest BCUT2D eigenvalue weighted by atomic mass is 32.2. The minimum Gasteiger partial charge on any atom is -0.307 e. The average molecular weight is 393 g/mol. The van der Waals surface area contributed by atoms with E-state index in [-0.39, 0.29) is 5.75 Å². The van der Waals surface area contributed by atoms with Gasteiger partial charge in [0.2, 0.25) is 0 Å². The Hall–Kier alpha value is -1.60. The molecule has 0 spiro atoms. The van der Waals surface area contributed by atoms with Crippen molar-refractivity contribution in [1.82, 2.24) is 9.62 Å². The van der Waals surface area contributed by atoms with Crippen molar-refractivity contribution >= 4 is 21.6 Å². The number of hydrogen-bond donors (Lipinski definition) is 3. The van der Waals surface area contributed by atoms with Gasteiger partial charge in [-0.3, -0.25) is 4.72 Å². The van der Waals surface area contributed by atoms with Gasteiger partial charge in [-0.1, -0.05) is 19.9 Å². The second kappa shape index (κ2) is 8.61. The molecule has 1 atom stereocenters. The molecular weight excluding hydrogens is 360 g/mol. The number of fused-ring (bicyclic) bond motifs is 2. The number of rotatable bonds is 8. The molecule has 0 aliphatic heterocycles. The van der Waals surface area contributed by atoms with Crippen molar-refractivity contribution in [2.45, 2.75) is 58.8 Å². The molecule has 0 bridgehead atoms. The van der Waals surface area contributed by atoms with Crippen LogP contribution in [0.4, 0.5) is 10.5 Å². The number of nitrogens with zero attached hydrogens (tertiary/aromatic N) is 1. The van der Waals surface area contributed by atoms with Crippen molar-refractivity contribution in [3.05, 3.63) is 28.3 Å². The summed E-state index contributed by atoms with van der Waals surface area (Å²) in [5, 5.41) is 2.96. The van der Waals surface area contributed by atoms with Gasteiger partial charge < -0.3 is 10.2 Å². The summed E-state index contributed by atoms with van der Waals surface area (Å²) in [6, 6.07) is 1.81. The molecule has 6 nitrogen and oxygen atoms in total. The van der Waals surface area contributed by atoms with Gasteiger partial charge in [0, 0.05) is 5.69 Å². The van der Waals surface area contributed by atoms with Crippen LogP contribution >= 0.6 is 0 Å². The van der Waals surface area contributed by atoms with Gasteiger partial charge in [-0.2, -0.15) is 0 Å². The lowest BCUT2D eigenvalue weighted by molar-refractivity contribution is 0.256. The number of anilines is 1. The van der Waals surface area contributed by atoms with Crippen LogP contribution in [-0.4, -0.2) is 40.5 Å². The topological polar surface area (TPSA) is 85.3 Å². The molecule has 0 fully saturated rings. The highest BCUT2D eigenvalue weighted by Gasteiger charge is 2.25. The summed E-state index contributed by atoms with van der Waals surface area (Å²) >= 11 is 0. The van der Waals surface area contributed by atoms with Gasteiger partial charge in [0.1, 0.15) is 9.92 Å². The number of carbonyl (C=O) groups is 1. The van der Waals surface area contributed by atoms with Crippen LogP contribution in [0.25, 0.3) is 0 Å². The number of aryl methyl sites for hydroxylation is 2. The van der Waals surface area contributed by atoms with Crippen molar-refractivity contribution in [3.8, 4) is 0 Å². The molecule has 27 heavy (non-hydrogen) atoms. The van der Waals surface area contributed by atoms with E-state index < -0.39 is 15.9 Å². The predicted octanol–water partition coefficient (Wildman–Crippen LogP) is 3.48. The molecule has 7 heteroatoms. The van der Waals surface area contributed by atoms with E-state index in [2.05, 4.69) is 34.9 Å². The van der Waals surface area contributed by atoms with E-state index in [4.69, 9.17) is 4.78 Å². The Morgan fingerprint density at radius 1 is 1.11 bits per heavy atom. The van der Waals surface area contributed by atoms with Gasteiger partial charge in [0.05, 0.1) is 5.75 Å². The zero-order chi connectivity index (χ0) is 19.4. The molecule has 1 unspecified atom stereocenters. The van der Waals surface area contributed by atoms with Crippen LogP contribution in [0, 0.1) is 4.78 Å². The molecular formula is C20H32N4O2S. The first-order chi connectivity index (χ1) is 12.9. The molecule has 3 N–H and O–H groups in total. The lowest BCUT2D eigenvalue weighted by Crippen LogP contribution is -2.36. The molecule has 2 aliphatic carbocycles. The van der Waals surface area contributed by atoms with Crippen molar-refractivity contribution < 1.29 is 9.00 Å². The first-order valence-corrected chi connectivity index (χ1v) is 11.9. The second-order valence-corrected chi connectivity index (χ2v) is 9.51. The molecule has 0 saturated carbocycles. The smallest absolute Gasteiger partial charge is 0.307 e. The van der Waals surface area contributed by atoms with E-state index in [1.54, 1.807) is 0 Å². The number of nitrogens with one attached hydrogen (secondary N) is 3. The van der Waals surface area contributed by atoms with Crippen LogP contribution in [-0.2, 0) is 35.6 Å². The fourth-order valence-electron chi connectivity index (χ4n) is 4.34. The highest BCUT2D eigenvalue weighted by Crippen LogP contribution is 2.38. The summed E-state index contributed by atoms with van der Waals surface area (Å²) in [5.41, 5.74) is 6.09. The van der Waals surface area contributed by atoms with E-state index in [1.807, 2.05) is 0 Å². The van der Waals surface area contributed by atoms with E-state index >= 15 is 0 Å². The van der Waals surface area contributed by atoms with Gasteiger partial charge in [-0.15, -0.1) is 0 Å². The van der Waals surface area contributed by atoms with E-state index in [0.29, 0.717) is 6.42 Å². The zero-order valence-electron chi connectivity index (χ0n) is 16.5. The summed E-state index contributed by atoms with van der Waals surface area (Å²) in [4.78, 5) is 14.7. The first-order valence-electron chi connectivity index (χ1n) is 10.2. The third-order valence-electron chi connectivity index (χ3n) is 5.77. The Morgan fingerprint density at radius 3 is 2.26 bits per heavy atom. The summed E-state index contributed by atoms with van der Waals surface area (Å²) in [6.07, 6.45) is 6.99. The third kappa shape index (κ3) is 4.82. The maximum absolute atomic E-state index is 12.5. The normalized spacial score (nSPS) is 17.4. The van der Waals surface area contributed by atoms with Crippen LogP contribution in [0.5, 0.6) is 0 Å². The van der Waals surface area contributed by atoms with Crippen molar-refractivity contribution in [2.24, 2.45) is 0 Å². The van der Waals surface area contributed by atoms with Crippen LogP contribution in [0.15, 0.2) is 6.07 Å². The van der Waals surface area contributed by atoms with Crippen LogP contribution in [0.3, 0.4) is 0 Å². The summed E-state index contributed by atoms with van der Waals surface area (Å²) in [5.74, 6) is 0.182.